The summed E-state index contributed by atoms with van der Waals surface area (Å²) < 4.78 is 3.46. The standard InChI is InChI=1S/C24H28N2OS.C7H7NO/c1-24(2,3)26-28-22-16-9-13-19-20(22)14-8-15-21(19)25-23(27)17-7-12-18-10-5-4-6-11-18;8-7(9)6-4-2-1-3-5-6/h4-6,8-11,13-16,26H,7,12,17H2,1-3H3,(H,25,27);1-5H,(H2,8,9). The van der Waals surface area contributed by atoms with Crippen LogP contribution in [-0.2, 0) is 11.2 Å². The molecular weight excluding hydrogens is 478 g/mol. The second kappa shape index (κ2) is 13.6. The van der Waals surface area contributed by atoms with E-state index in [2.05, 4.69) is 61.1 Å². The number of fused-ring (bicyclic) bond motifs is 1. The molecule has 37 heavy (non-hydrogen) atoms. The predicted molar refractivity (Wildman–Crippen MR) is 156 cm³/mol. The molecule has 4 N–H and O–H groups in total. The maximum absolute atomic E-state index is 12.5. The lowest BCUT2D eigenvalue weighted by Gasteiger charge is -2.20. The van der Waals surface area contributed by atoms with Gasteiger partial charge in [0.15, 0.2) is 0 Å². The zero-order valence-electron chi connectivity index (χ0n) is 21.7. The Labute approximate surface area is 224 Å². The molecule has 0 saturated heterocycles. The molecule has 0 radical (unpaired) electrons. The lowest BCUT2D eigenvalue weighted by Crippen LogP contribution is -2.29. The van der Waals surface area contributed by atoms with E-state index in [-0.39, 0.29) is 17.4 Å². The minimum Gasteiger partial charge on any atom is -0.366 e. The molecule has 4 rings (SSSR count). The van der Waals surface area contributed by atoms with Gasteiger partial charge in [0, 0.05) is 33.5 Å². The third-order valence-corrected chi connectivity index (χ3v) is 6.68. The largest absolute Gasteiger partial charge is 0.366 e. The molecular formula is C31H35N3O2S. The first-order chi connectivity index (χ1) is 17.7. The maximum atomic E-state index is 12.5. The third-order valence-electron chi connectivity index (χ3n) is 5.39. The van der Waals surface area contributed by atoms with Crippen LogP contribution in [0, 0.1) is 0 Å². The molecule has 5 nitrogen and oxygen atoms in total. The molecule has 0 aliphatic carbocycles. The van der Waals surface area contributed by atoms with Crippen molar-refractivity contribution in [2.24, 2.45) is 5.73 Å². The van der Waals surface area contributed by atoms with Crippen molar-refractivity contribution in [3.8, 4) is 0 Å². The Balaban J connectivity index is 0.000000356. The van der Waals surface area contributed by atoms with E-state index < -0.39 is 0 Å². The summed E-state index contributed by atoms with van der Waals surface area (Å²) in [5.74, 6) is -0.315. The van der Waals surface area contributed by atoms with Crippen molar-refractivity contribution in [2.45, 2.75) is 50.5 Å². The molecule has 0 spiro atoms. The SMILES string of the molecule is CC(C)(C)NSc1cccc2c(NC(=O)CCCc3ccccc3)cccc12.NC(=O)c1ccccc1. The van der Waals surface area contributed by atoms with Crippen molar-refractivity contribution in [1.29, 1.82) is 0 Å². The van der Waals surface area contributed by atoms with Crippen LogP contribution in [0.4, 0.5) is 5.69 Å². The fourth-order valence-corrected chi connectivity index (χ4v) is 4.45. The van der Waals surface area contributed by atoms with Crippen LogP contribution in [0.25, 0.3) is 10.8 Å². The van der Waals surface area contributed by atoms with Gasteiger partial charge in [-0.25, -0.2) is 0 Å². The summed E-state index contributed by atoms with van der Waals surface area (Å²) in [7, 11) is 0. The molecule has 0 saturated carbocycles. The van der Waals surface area contributed by atoms with Crippen molar-refractivity contribution in [1.82, 2.24) is 4.72 Å². The zero-order valence-corrected chi connectivity index (χ0v) is 22.5. The van der Waals surface area contributed by atoms with E-state index in [1.54, 1.807) is 36.2 Å². The van der Waals surface area contributed by atoms with Crippen LogP contribution in [-0.4, -0.2) is 17.4 Å². The normalized spacial score (nSPS) is 10.9. The van der Waals surface area contributed by atoms with Crippen molar-refractivity contribution >= 4 is 40.2 Å². The molecule has 0 fully saturated rings. The highest BCUT2D eigenvalue weighted by molar-refractivity contribution is 7.97. The van der Waals surface area contributed by atoms with Crippen LogP contribution in [0.2, 0.25) is 0 Å². The van der Waals surface area contributed by atoms with Crippen LogP contribution >= 0.6 is 11.9 Å². The number of hydrogen-bond donors (Lipinski definition) is 3. The van der Waals surface area contributed by atoms with Gasteiger partial charge in [0.05, 0.1) is 0 Å². The topological polar surface area (TPSA) is 84.2 Å². The summed E-state index contributed by atoms with van der Waals surface area (Å²) >= 11 is 1.63. The van der Waals surface area contributed by atoms with E-state index in [0.717, 1.165) is 34.2 Å². The lowest BCUT2D eigenvalue weighted by molar-refractivity contribution is -0.116. The second-order valence-corrected chi connectivity index (χ2v) is 10.6. The molecule has 0 aliphatic rings. The molecule has 192 valence electrons. The Kier molecular flexibility index (Phi) is 10.3. The fraction of sp³-hybridized carbons (Fsp3) is 0.226. The second-order valence-electron chi connectivity index (χ2n) is 9.73. The third kappa shape index (κ3) is 9.41. The first kappa shape index (κ1) is 28.0. The van der Waals surface area contributed by atoms with E-state index in [9.17, 15) is 9.59 Å². The van der Waals surface area contributed by atoms with Gasteiger partial charge >= 0.3 is 0 Å². The number of anilines is 1. The Morgan fingerprint density at radius 2 is 1.41 bits per heavy atom. The Morgan fingerprint density at radius 1 is 0.784 bits per heavy atom. The van der Waals surface area contributed by atoms with Crippen molar-refractivity contribution in [2.75, 3.05) is 5.32 Å². The van der Waals surface area contributed by atoms with E-state index in [0.29, 0.717) is 12.0 Å². The van der Waals surface area contributed by atoms with E-state index in [1.165, 1.54) is 5.56 Å². The van der Waals surface area contributed by atoms with Gasteiger partial charge in [0.25, 0.3) is 0 Å². The maximum Gasteiger partial charge on any atom is 0.248 e. The van der Waals surface area contributed by atoms with Crippen LogP contribution in [0.15, 0.2) is 102 Å². The van der Waals surface area contributed by atoms with Crippen LogP contribution in [0.1, 0.15) is 49.5 Å². The zero-order chi connectivity index (χ0) is 26.7. The number of benzene rings is 4. The number of rotatable bonds is 8. The minimum atomic E-state index is -0.379. The molecule has 4 aromatic carbocycles. The van der Waals surface area contributed by atoms with Gasteiger partial charge in [-0.1, -0.05) is 72.8 Å². The number of carbonyl (C=O) groups excluding carboxylic acids is 2. The molecule has 0 atom stereocenters. The van der Waals surface area contributed by atoms with E-state index in [1.807, 2.05) is 42.5 Å². The minimum absolute atomic E-state index is 0.0252. The molecule has 2 amide bonds. The average molecular weight is 514 g/mol. The van der Waals surface area contributed by atoms with Crippen LogP contribution < -0.4 is 15.8 Å². The first-order valence-electron chi connectivity index (χ1n) is 12.4. The Morgan fingerprint density at radius 3 is 2.03 bits per heavy atom. The number of primary amides is 1. The molecule has 0 aliphatic heterocycles. The molecule has 4 aromatic rings. The fourth-order valence-electron chi connectivity index (χ4n) is 3.60. The van der Waals surface area contributed by atoms with Gasteiger partial charge in [-0.15, -0.1) is 0 Å². The van der Waals surface area contributed by atoms with Crippen molar-refractivity contribution < 1.29 is 9.59 Å². The quantitative estimate of drug-likeness (QED) is 0.222. The number of amides is 2. The van der Waals surface area contributed by atoms with Gasteiger partial charge in [0.1, 0.15) is 0 Å². The van der Waals surface area contributed by atoms with Crippen molar-refractivity contribution in [3.05, 3.63) is 108 Å². The van der Waals surface area contributed by atoms with E-state index in [4.69, 9.17) is 5.73 Å². The monoisotopic (exact) mass is 513 g/mol. The summed E-state index contributed by atoms with van der Waals surface area (Å²) in [6.45, 7) is 6.44. The molecule has 6 heteroatoms. The van der Waals surface area contributed by atoms with Crippen molar-refractivity contribution in [3.63, 3.8) is 0 Å². The van der Waals surface area contributed by atoms with Crippen LogP contribution in [0.3, 0.4) is 0 Å². The van der Waals surface area contributed by atoms with Gasteiger partial charge in [-0.05, 0) is 80.8 Å². The summed E-state index contributed by atoms with van der Waals surface area (Å²) in [5, 5.41) is 5.32. The number of nitrogens with two attached hydrogens (primary N) is 1. The number of hydrogen-bond acceptors (Lipinski definition) is 4. The highest BCUT2D eigenvalue weighted by Crippen LogP contribution is 2.31. The highest BCUT2D eigenvalue weighted by Gasteiger charge is 2.12. The Bertz CT molecular complexity index is 1300. The summed E-state index contributed by atoms with van der Waals surface area (Å²) in [6, 6.07) is 31.4. The van der Waals surface area contributed by atoms with Gasteiger partial charge in [-0.3, -0.25) is 14.3 Å². The molecule has 0 aromatic heterocycles. The predicted octanol–water partition coefficient (Wildman–Crippen LogP) is 6.98. The van der Waals surface area contributed by atoms with Crippen LogP contribution in [0.5, 0.6) is 0 Å². The highest BCUT2D eigenvalue weighted by atomic mass is 32.2. The van der Waals surface area contributed by atoms with E-state index >= 15 is 0 Å². The smallest absolute Gasteiger partial charge is 0.248 e. The van der Waals surface area contributed by atoms with Gasteiger partial charge in [-0.2, -0.15) is 0 Å². The summed E-state index contributed by atoms with van der Waals surface area (Å²) in [5.41, 5.74) is 7.70. The Hall–Kier alpha value is -3.61. The molecule has 0 heterocycles. The first-order valence-corrected chi connectivity index (χ1v) is 13.2. The van der Waals surface area contributed by atoms with Gasteiger partial charge < -0.3 is 11.1 Å². The molecule has 0 bridgehead atoms. The number of nitrogens with one attached hydrogen (secondary N) is 2. The number of carbonyl (C=O) groups is 2. The number of aryl methyl sites for hydroxylation is 1. The summed E-state index contributed by atoms with van der Waals surface area (Å²) in [4.78, 5) is 24.0. The van der Waals surface area contributed by atoms with Gasteiger partial charge in [0.2, 0.25) is 11.8 Å². The lowest BCUT2D eigenvalue weighted by atomic mass is 10.1. The molecule has 0 unspecified atom stereocenters. The average Bonchev–Trinajstić information content (AvgIpc) is 2.89. The summed E-state index contributed by atoms with van der Waals surface area (Å²) in [6.07, 6.45) is 2.28.